The molecule has 104 valence electrons. The maximum absolute atomic E-state index is 13.8. The number of benzene rings is 1. The van der Waals surface area contributed by atoms with Gasteiger partial charge >= 0.3 is 0 Å². The van der Waals surface area contributed by atoms with Crippen LogP contribution in [0, 0.1) is 17.7 Å². The van der Waals surface area contributed by atoms with Crippen LogP contribution in [-0.2, 0) is 11.3 Å². The molecule has 1 aromatic carbocycles. The van der Waals surface area contributed by atoms with Gasteiger partial charge in [-0.3, -0.25) is 4.79 Å². The topological polar surface area (TPSA) is 55.1 Å². The first-order valence-electron chi connectivity index (χ1n) is 6.89. The smallest absolute Gasteiger partial charge is 0.227 e. The maximum atomic E-state index is 13.8. The predicted octanol–water partition coefficient (Wildman–Crippen LogP) is 3.05. The van der Waals surface area contributed by atoms with Crippen LogP contribution in [-0.4, -0.2) is 5.91 Å². The normalized spacial score (nSPS) is 23.1. The van der Waals surface area contributed by atoms with Crippen LogP contribution in [0.3, 0.4) is 0 Å². The van der Waals surface area contributed by atoms with Crippen molar-refractivity contribution in [2.45, 2.75) is 39.2 Å². The maximum Gasteiger partial charge on any atom is 0.227 e. The molecule has 1 amide bonds. The zero-order valence-electron chi connectivity index (χ0n) is 11.3. The largest absolute Gasteiger partial charge is 0.326 e. The molecule has 19 heavy (non-hydrogen) atoms. The zero-order chi connectivity index (χ0) is 13.8. The van der Waals surface area contributed by atoms with E-state index in [0.29, 0.717) is 12.5 Å². The fourth-order valence-electron chi connectivity index (χ4n) is 2.54. The van der Waals surface area contributed by atoms with Crippen molar-refractivity contribution in [3.05, 3.63) is 29.6 Å². The standard InChI is InChI=1S/C15H21FN2O/c1-10-2-5-12(6-3-10)15(19)18-14-7-4-11(9-17)8-13(14)16/h4,7-8,10,12H,2-3,5-6,9,17H2,1H3,(H,18,19). The number of amides is 1. The third kappa shape index (κ3) is 3.53. The molecule has 1 aliphatic rings. The van der Waals surface area contributed by atoms with Crippen molar-refractivity contribution in [3.8, 4) is 0 Å². The monoisotopic (exact) mass is 264 g/mol. The second-order valence-corrected chi connectivity index (χ2v) is 5.46. The van der Waals surface area contributed by atoms with Crippen LogP contribution in [0.2, 0.25) is 0 Å². The van der Waals surface area contributed by atoms with Crippen LogP contribution in [0.25, 0.3) is 0 Å². The van der Waals surface area contributed by atoms with Crippen molar-refractivity contribution in [1.82, 2.24) is 0 Å². The SMILES string of the molecule is CC1CCC(C(=O)Nc2ccc(CN)cc2F)CC1. The lowest BCUT2D eigenvalue weighted by Crippen LogP contribution is -2.27. The molecule has 0 unspecified atom stereocenters. The Morgan fingerprint density at radius 3 is 2.63 bits per heavy atom. The highest BCUT2D eigenvalue weighted by Crippen LogP contribution is 2.29. The first kappa shape index (κ1) is 14.0. The number of nitrogens with two attached hydrogens (primary N) is 1. The molecule has 3 nitrogen and oxygen atoms in total. The number of nitrogens with one attached hydrogen (secondary N) is 1. The summed E-state index contributed by atoms with van der Waals surface area (Å²) in [7, 11) is 0. The van der Waals surface area contributed by atoms with E-state index in [4.69, 9.17) is 5.73 Å². The molecule has 0 atom stereocenters. The molecule has 0 spiro atoms. The Labute approximate surface area is 113 Å². The van der Waals surface area contributed by atoms with E-state index in [0.717, 1.165) is 31.2 Å². The summed E-state index contributed by atoms with van der Waals surface area (Å²) in [4.78, 5) is 12.1. The van der Waals surface area contributed by atoms with Crippen LogP contribution in [0.4, 0.5) is 10.1 Å². The third-order valence-corrected chi connectivity index (χ3v) is 3.91. The van der Waals surface area contributed by atoms with Gasteiger partial charge in [0.25, 0.3) is 0 Å². The lowest BCUT2D eigenvalue weighted by Gasteiger charge is -2.25. The summed E-state index contributed by atoms with van der Waals surface area (Å²) in [5.41, 5.74) is 6.42. The highest BCUT2D eigenvalue weighted by Gasteiger charge is 2.24. The fourth-order valence-corrected chi connectivity index (χ4v) is 2.54. The molecule has 0 aliphatic heterocycles. The van der Waals surface area contributed by atoms with E-state index < -0.39 is 5.82 Å². The molecule has 0 saturated heterocycles. The van der Waals surface area contributed by atoms with Crippen molar-refractivity contribution in [3.63, 3.8) is 0 Å². The Morgan fingerprint density at radius 1 is 1.37 bits per heavy atom. The second kappa shape index (κ2) is 6.15. The minimum Gasteiger partial charge on any atom is -0.326 e. The molecule has 4 heteroatoms. The zero-order valence-corrected chi connectivity index (χ0v) is 11.3. The summed E-state index contributed by atoms with van der Waals surface area (Å²) < 4.78 is 13.8. The molecule has 0 heterocycles. The van der Waals surface area contributed by atoms with E-state index >= 15 is 0 Å². The molecule has 2 rings (SSSR count). The fraction of sp³-hybridized carbons (Fsp3) is 0.533. The summed E-state index contributed by atoms with van der Waals surface area (Å²) in [5, 5.41) is 2.69. The first-order chi connectivity index (χ1) is 9.10. The van der Waals surface area contributed by atoms with Gasteiger partial charge in [0.15, 0.2) is 0 Å². The Morgan fingerprint density at radius 2 is 2.05 bits per heavy atom. The van der Waals surface area contributed by atoms with Crippen LogP contribution < -0.4 is 11.1 Å². The van der Waals surface area contributed by atoms with Gasteiger partial charge in [0.1, 0.15) is 5.82 Å². The summed E-state index contributed by atoms with van der Waals surface area (Å²) in [6, 6.07) is 4.70. The molecule has 1 saturated carbocycles. The van der Waals surface area contributed by atoms with E-state index in [1.54, 1.807) is 12.1 Å². The Balaban J connectivity index is 1.99. The van der Waals surface area contributed by atoms with Crippen molar-refractivity contribution >= 4 is 11.6 Å². The van der Waals surface area contributed by atoms with Gasteiger partial charge in [0.05, 0.1) is 5.69 Å². The van der Waals surface area contributed by atoms with Crippen LogP contribution in [0.5, 0.6) is 0 Å². The van der Waals surface area contributed by atoms with Gasteiger partial charge in [0, 0.05) is 12.5 Å². The van der Waals surface area contributed by atoms with E-state index in [1.807, 2.05) is 0 Å². The summed E-state index contributed by atoms with van der Waals surface area (Å²) >= 11 is 0. The van der Waals surface area contributed by atoms with Gasteiger partial charge in [-0.05, 0) is 49.3 Å². The van der Waals surface area contributed by atoms with Crippen molar-refractivity contribution in [2.75, 3.05) is 5.32 Å². The molecule has 0 aromatic heterocycles. The third-order valence-electron chi connectivity index (χ3n) is 3.91. The minimum atomic E-state index is -0.416. The number of carbonyl (C=O) groups is 1. The van der Waals surface area contributed by atoms with Crippen LogP contribution in [0.15, 0.2) is 18.2 Å². The average molecular weight is 264 g/mol. The van der Waals surface area contributed by atoms with Crippen LogP contribution >= 0.6 is 0 Å². The van der Waals surface area contributed by atoms with E-state index in [2.05, 4.69) is 12.2 Å². The van der Waals surface area contributed by atoms with Crippen LogP contribution in [0.1, 0.15) is 38.2 Å². The minimum absolute atomic E-state index is 0.0183. The lowest BCUT2D eigenvalue weighted by molar-refractivity contribution is -0.121. The van der Waals surface area contributed by atoms with Gasteiger partial charge in [-0.1, -0.05) is 13.0 Å². The molecule has 3 N–H and O–H groups in total. The van der Waals surface area contributed by atoms with Crippen molar-refractivity contribution in [1.29, 1.82) is 0 Å². The Hall–Kier alpha value is -1.42. The van der Waals surface area contributed by atoms with Gasteiger partial charge in [0.2, 0.25) is 5.91 Å². The average Bonchev–Trinajstić information content (AvgIpc) is 2.41. The molecule has 0 radical (unpaired) electrons. The Bertz CT molecular complexity index is 453. The van der Waals surface area contributed by atoms with E-state index in [9.17, 15) is 9.18 Å². The molecule has 1 fully saturated rings. The van der Waals surface area contributed by atoms with Crippen molar-refractivity contribution in [2.24, 2.45) is 17.6 Å². The van der Waals surface area contributed by atoms with E-state index in [1.165, 1.54) is 6.07 Å². The quantitative estimate of drug-likeness (QED) is 0.881. The predicted molar refractivity (Wildman–Crippen MR) is 74.0 cm³/mol. The molecule has 1 aromatic rings. The van der Waals surface area contributed by atoms with Crippen molar-refractivity contribution < 1.29 is 9.18 Å². The second-order valence-electron chi connectivity index (χ2n) is 5.46. The molecule has 0 bridgehead atoms. The van der Waals surface area contributed by atoms with Gasteiger partial charge in [-0.15, -0.1) is 0 Å². The van der Waals surface area contributed by atoms with Gasteiger partial charge < -0.3 is 11.1 Å². The molecular weight excluding hydrogens is 243 g/mol. The number of anilines is 1. The van der Waals surface area contributed by atoms with Gasteiger partial charge in [-0.2, -0.15) is 0 Å². The summed E-state index contributed by atoms with van der Waals surface area (Å²) in [6.45, 7) is 2.50. The number of hydrogen-bond donors (Lipinski definition) is 2. The highest BCUT2D eigenvalue weighted by molar-refractivity contribution is 5.92. The molecular formula is C15H21FN2O. The summed E-state index contributed by atoms with van der Waals surface area (Å²) in [5.74, 6) is 0.237. The summed E-state index contributed by atoms with van der Waals surface area (Å²) in [6.07, 6.45) is 3.95. The number of halogens is 1. The Kier molecular flexibility index (Phi) is 4.53. The van der Waals surface area contributed by atoms with Gasteiger partial charge in [-0.25, -0.2) is 4.39 Å². The van der Waals surface area contributed by atoms with E-state index in [-0.39, 0.29) is 17.5 Å². The highest BCUT2D eigenvalue weighted by atomic mass is 19.1. The number of hydrogen-bond acceptors (Lipinski definition) is 2. The number of rotatable bonds is 3. The number of carbonyl (C=O) groups excluding carboxylic acids is 1. The molecule has 1 aliphatic carbocycles. The first-order valence-corrected chi connectivity index (χ1v) is 6.89. The lowest BCUT2D eigenvalue weighted by atomic mass is 9.82.